The number of carbonyl (C=O) groups excluding carboxylic acids is 1. The van der Waals surface area contributed by atoms with Crippen LogP contribution in [0.5, 0.6) is 0 Å². The highest BCUT2D eigenvalue weighted by molar-refractivity contribution is 5.95. The monoisotopic (exact) mass is 325 g/mol. The zero-order valence-corrected chi connectivity index (χ0v) is 12.7. The van der Waals surface area contributed by atoms with E-state index in [0.29, 0.717) is 16.5 Å². The van der Waals surface area contributed by atoms with Gasteiger partial charge < -0.3 is 14.8 Å². The van der Waals surface area contributed by atoms with Gasteiger partial charge >= 0.3 is 5.97 Å². The summed E-state index contributed by atoms with van der Waals surface area (Å²) in [6.07, 6.45) is 3.29. The number of aryl methyl sites for hydroxylation is 1. The highest BCUT2D eigenvalue weighted by atomic mass is 16.4. The number of aromatic nitrogens is 2. The van der Waals surface area contributed by atoms with Crippen molar-refractivity contribution in [1.29, 1.82) is 0 Å². The zero-order valence-electron chi connectivity index (χ0n) is 12.7. The maximum absolute atomic E-state index is 12.5. The number of hydrogen-bond donors (Lipinski definition) is 3. The van der Waals surface area contributed by atoms with E-state index in [0.717, 1.165) is 24.1 Å². The third kappa shape index (κ3) is 2.25. The standard InChI is InChI=1S/C17H15N3O4/c21-16(11-6-5-9-7-19-20-14(9)11)18-8-12-10-3-1-2-4-13(10)24-15(12)17(22)23/h1-4,7,11H,5-6,8H2,(H,18,21)(H,19,20)(H,22,23). The number of rotatable bonds is 4. The van der Waals surface area contributed by atoms with Crippen LogP contribution in [-0.4, -0.2) is 27.2 Å². The summed E-state index contributed by atoms with van der Waals surface area (Å²) in [5.74, 6) is -1.69. The van der Waals surface area contributed by atoms with Gasteiger partial charge in [-0.1, -0.05) is 18.2 Å². The van der Waals surface area contributed by atoms with Gasteiger partial charge in [-0.15, -0.1) is 0 Å². The summed E-state index contributed by atoms with van der Waals surface area (Å²) in [4.78, 5) is 23.9. The second kappa shape index (κ2) is 5.52. The lowest BCUT2D eigenvalue weighted by molar-refractivity contribution is -0.122. The minimum absolute atomic E-state index is 0.109. The number of benzene rings is 1. The summed E-state index contributed by atoms with van der Waals surface area (Å²) in [6, 6.07) is 7.08. The van der Waals surface area contributed by atoms with E-state index in [9.17, 15) is 14.7 Å². The first-order valence-electron chi connectivity index (χ1n) is 7.68. The second-order valence-electron chi connectivity index (χ2n) is 5.83. The smallest absolute Gasteiger partial charge is 0.372 e. The van der Waals surface area contributed by atoms with Crippen molar-refractivity contribution in [2.75, 3.05) is 0 Å². The van der Waals surface area contributed by atoms with Crippen molar-refractivity contribution in [3.8, 4) is 0 Å². The van der Waals surface area contributed by atoms with Gasteiger partial charge in [-0.05, 0) is 24.5 Å². The van der Waals surface area contributed by atoms with Crippen LogP contribution in [0.2, 0.25) is 0 Å². The number of hydrogen-bond acceptors (Lipinski definition) is 4. The summed E-state index contributed by atoms with van der Waals surface area (Å²) in [5, 5.41) is 19.7. The molecule has 3 aromatic rings. The minimum Gasteiger partial charge on any atom is -0.475 e. The second-order valence-corrected chi connectivity index (χ2v) is 5.83. The molecule has 0 radical (unpaired) electrons. The zero-order chi connectivity index (χ0) is 16.7. The van der Waals surface area contributed by atoms with Crippen LogP contribution in [0, 0.1) is 0 Å². The van der Waals surface area contributed by atoms with Crippen LogP contribution < -0.4 is 5.32 Å². The maximum Gasteiger partial charge on any atom is 0.372 e. The molecule has 0 saturated heterocycles. The Morgan fingerprint density at radius 1 is 1.38 bits per heavy atom. The van der Waals surface area contributed by atoms with E-state index in [1.807, 2.05) is 6.07 Å². The predicted molar refractivity (Wildman–Crippen MR) is 84.7 cm³/mol. The number of fused-ring (bicyclic) bond motifs is 2. The molecular weight excluding hydrogens is 310 g/mol. The van der Waals surface area contributed by atoms with Crippen molar-refractivity contribution >= 4 is 22.8 Å². The Labute approximate surface area is 136 Å². The average molecular weight is 325 g/mol. The highest BCUT2D eigenvalue weighted by Gasteiger charge is 2.30. The Morgan fingerprint density at radius 3 is 3.04 bits per heavy atom. The molecule has 24 heavy (non-hydrogen) atoms. The molecule has 1 atom stereocenters. The molecule has 7 nitrogen and oxygen atoms in total. The molecule has 0 spiro atoms. The molecule has 0 saturated carbocycles. The van der Waals surface area contributed by atoms with Gasteiger partial charge in [0.1, 0.15) is 5.58 Å². The number of furan rings is 1. The van der Waals surface area contributed by atoms with Crippen molar-refractivity contribution in [3.63, 3.8) is 0 Å². The average Bonchev–Trinajstić information content (AvgIpc) is 3.26. The Morgan fingerprint density at radius 2 is 2.21 bits per heavy atom. The summed E-state index contributed by atoms with van der Waals surface area (Å²) in [5.41, 5.74) is 2.89. The number of nitrogens with one attached hydrogen (secondary N) is 2. The lowest BCUT2D eigenvalue weighted by atomic mass is 10.1. The van der Waals surface area contributed by atoms with Gasteiger partial charge in [0.25, 0.3) is 0 Å². The third-order valence-electron chi connectivity index (χ3n) is 4.45. The molecule has 122 valence electrons. The number of amides is 1. The van der Waals surface area contributed by atoms with Crippen molar-refractivity contribution in [2.24, 2.45) is 0 Å². The first-order chi connectivity index (χ1) is 11.6. The summed E-state index contributed by atoms with van der Waals surface area (Å²) >= 11 is 0. The molecule has 1 aliphatic rings. The molecule has 7 heteroatoms. The number of carboxylic acids is 1. The van der Waals surface area contributed by atoms with Gasteiger partial charge in [0.2, 0.25) is 11.7 Å². The number of aromatic carboxylic acids is 1. The van der Waals surface area contributed by atoms with E-state index >= 15 is 0 Å². The molecule has 0 aliphatic heterocycles. The fourth-order valence-corrected chi connectivity index (χ4v) is 3.27. The molecule has 0 bridgehead atoms. The summed E-state index contributed by atoms with van der Waals surface area (Å²) in [6.45, 7) is 0.109. The van der Waals surface area contributed by atoms with E-state index < -0.39 is 5.97 Å². The molecule has 1 amide bonds. The van der Waals surface area contributed by atoms with Crippen molar-refractivity contribution in [3.05, 3.63) is 53.0 Å². The van der Waals surface area contributed by atoms with Crippen LogP contribution in [0.15, 0.2) is 34.9 Å². The quantitative estimate of drug-likeness (QED) is 0.681. The first-order valence-corrected chi connectivity index (χ1v) is 7.68. The molecule has 3 N–H and O–H groups in total. The summed E-state index contributed by atoms with van der Waals surface area (Å²) in [7, 11) is 0. The van der Waals surface area contributed by atoms with Crippen molar-refractivity contribution in [2.45, 2.75) is 25.3 Å². The highest BCUT2D eigenvalue weighted by Crippen LogP contribution is 2.31. The fourth-order valence-electron chi connectivity index (χ4n) is 3.27. The van der Waals surface area contributed by atoms with Crippen molar-refractivity contribution in [1.82, 2.24) is 15.5 Å². The van der Waals surface area contributed by atoms with Crippen LogP contribution >= 0.6 is 0 Å². The molecule has 0 fully saturated rings. The van der Waals surface area contributed by atoms with E-state index in [4.69, 9.17) is 4.42 Å². The molecular formula is C17H15N3O4. The van der Waals surface area contributed by atoms with Crippen LogP contribution in [0.3, 0.4) is 0 Å². The summed E-state index contributed by atoms with van der Waals surface area (Å²) < 4.78 is 5.40. The maximum atomic E-state index is 12.5. The van der Waals surface area contributed by atoms with E-state index in [1.165, 1.54) is 0 Å². The van der Waals surface area contributed by atoms with Gasteiger partial charge in [-0.3, -0.25) is 9.89 Å². The van der Waals surface area contributed by atoms with Gasteiger partial charge in [0.15, 0.2) is 0 Å². The van der Waals surface area contributed by atoms with Gasteiger partial charge in [0, 0.05) is 17.5 Å². The normalized spacial score (nSPS) is 16.2. The fraction of sp³-hybridized carbons (Fsp3) is 0.235. The van der Waals surface area contributed by atoms with Crippen molar-refractivity contribution < 1.29 is 19.1 Å². The Hall–Kier alpha value is -3.09. The van der Waals surface area contributed by atoms with Crippen LogP contribution in [0.25, 0.3) is 11.0 Å². The van der Waals surface area contributed by atoms with Crippen LogP contribution in [0.1, 0.15) is 39.7 Å². The lowest BCUT2D eigenvalue weighted by Crippen LogP contribution is -2.28. The molecule has 2 heterocycles. The minimum atomic E-state index is -1.15. The van der Waals surface area contributed by atoms with Gasteiger partial charge in [-0.2, -0.15) is 5.10 Å². The van der Waals surface area contributed by atoms with E-state index in [1.54, 1.807) is 24.4 Å². The van der Waals surface area contributed by atoms with Gasteiger partial charge in [0.05, 0.1) is 17.8 Å². The molecule has 4 rings (SSSR count). The number of carboxylic acid groups (broad SMARTS) is 1. The molecule has 2 aromatic heterocycles. The predicted octanol–water partition coefficient (Wildman–Crippen LogP) is 2.20. The van der Waals surface area contributed by atoms with Crippen LogP contribution in [0.4, 0.5) is 0 Å². The number of para-hydroxylation sites is 1. The Bertz CT molecular complexity index is 940. The number of carbonyl (C=O) groups is 2. The molecule has 1 aliphatic carbocycles. The van der Waals surface area contributed by atoms with Crippen LogP contribution in [-0.2, 0) is 17.8 Å². The number of aromatic amines is 1. The number of nitrogens with zero attached hydrogens (tertiary/aromatic N) is 1. The van der Waals surface area contributed by atoms with E-state index in [2.05, 4.69) is 15.5 Å². The largest absolute Gasteiger partial charge is 0.475 e. The Balaban J connectivity index is 1.58. The molecule has 1 aromatic carbocycles. The lowest BCUT2D eigenvalue weighted by Gasteiger charge is -2.10. The third-order valence-corrected chi connectivity index (χ3v) is 4.45. The van der Waals surface area contributed by atoms with Gasteiger partial charge in [-0.25, -0.2) is 4.79 Å². The van der Waals surface area contributed by atoms with E-state index in [-0.39, 0.29) is 24.1 Å². The Kier molecular flexibility index (Phi) is 3.34. The first kappa shape index (κ1) is 14.5. The SMILES string of the molecule is O=C(O)c1oc2ccccc2c1CNC(=O)C1CCc2cn[nH]c21. The number of H-pyrrole nitrogens is 1. The topological polar surface area (TPSA) is 108 Å². The molecule has 1 unspecified atom stereocenters.